The van der Waals surface area contributed by atoms with Gasteiger partial charge in [-0.25, -0.2) is 0 Å². The van der Waals surface area contributed by atoms with Gasteiger partial charge in [-0.1, -0.05) is 0 Å². The quantitative estimate of drug-likeness (QED) is 0.515. The molecule has 0 spiro atoms. The Morgan fingerprint density at radius 1 is 1.33 bits per heavy atom. The molecule has 1 heteroatoms. The molecule has 47 valence electrons. The Morgan fingerprint density at radius 2 is 2.22 bits per heavy atom. The Morgan fingerprint density at radius 3 is 3.11 bits per heavy atom. The SMILES string of the molecule is [c]1csc2c1CCCC2. The number of aryl methyl sites for hydroxylation is 2. The van der Waals surface area contributed by atoms with Crippen molar-refractivity contribution in [3.63, 3.8) is 0 Å². The van der Waals surface area contributed by atoms with Gasteiger partial charge < -0.3 is 0 Å². The predicted octanol–water partition coefficient (Wildman–Crippen LogP) is 2.43. The van der Waals surface area contributed by atoms with Gasteiger partial charge in [-0.15, -0.1) is 11.3 Å². The van der Waals surface area contributed by atoms with E-state index in [-0.39, 0.29) is 0 Å². The Kier molecular flexibility index (Phi) is 1.31. The third-order valence-electron chi connectivity index (χ3n) is 1.85. The van der Waals surface area contributed by atoms with Crippen LogP contribution in [0.1, 0.15) is 23.3 Å². The molecule has 1 heterocycles. The molecule has 0 aliphatic heterocycles. The molecule has 0 atom stereocenters. The lowest BCUT2D eigenvalue weighted by molar-refractivity contribution is 0.696. The van der Waals surface area contributed by atoms with E-state index in [1.807, 2.05) is 11.3 Å². The molecule has 0 amide bonds. The van der Waals surface area contributed by atoms with Gasteiger partial charge in [0.1, 0.15) is 0 Å². The molecule has 0 bridgehead atoms. The summed E-state index contributed by atoms with van der Waals surface area (Å²) in [5, 5.41) is 2.09. The van der Waals surface area contributed by atoms with Crippen LogP contribution >= 0.6 is 11.3 Å². The molecular weight excluding hydrogens is 128 g/mol. The van der Waals surface area contributed by atoms with Crippen LogP contribution in [0, 0.1) is 6.07 Å². The van der Waals surface area contributed by atoms with Gasteiger partial charge in [0.15, 0.2) is 0 Å². The molecule has 2 rings (SSSR count). The second-order valence-corrected chi connectivity index (χ2v) is 3.45. The molecule has 1 aliphatic rings. The lowest BCUT2D eigenvalue weighted by Crippen LogP contribution is -1.96. The third-order valence-corrected chi connectivity index (χ3v) is 2.82. The van der Waals surface area contributed by atoms with Crippen molar-refractivity contribution < 1.29 is 0 Å². The van der Waals surface area contributed by atoms with Crippen molar-refractivity contribution in [1.82, 2.24) is 0 Å². The zero-order valence-electron chi connectivity index (χ0n) is 5.31. The Bertz CT molecular complexity index is 180. The van der Waals surface area contributed by atoms with Crippen LogP contribution in [0.5, 0.6) is 0 Å². The minimum Gasteiger partial charge on any atom is -0.148 e. The van der Waals surface area contributed by atoms with Gasteiger partial charge in [-0.2, -0.15) is 0 Å². The maximum atomic E-state index is 3.28. The van der Waals surface area contributed by atoms with Gasteiger partial charge in [-0.05, 0) is 42.7 Å². The molecule has 1 radical (unpaired) electrons. The van der Waals surface area contributed by atoms with E-state index in [0.717, 1.165) is 0 Å². The van der Waals surface area contributed by atoms with E-state index in [0.29, 0.717) is 0 Å². The van der Waals surface area contributed by atoms with Crippen LogP contribution in [0.25, 0.3) is 0 Å². The molecule has 0 nitrogen and oxygen atoms in total. The summed E-state index contributed by atoms with van der Waals surface area (Å²) in [6, 6.07) is 3.28. The second-order valence-electron chi connectivity index (χ2n) is 2.49. The fourth-order valence-electron chi connectivity index (χ4n) is 1.33. The molecule has 1 aromatic heterocycles. The van der Waals surface area contributed by atoms with E-state index < -0.39 is 0 Å². The largest absolute Gasteiger partial charge is 0.148 e. The summed E-state index contributed by atoms with van der Waals surface area (Å²) >= 11 is 1.87. The van der Waals surface area contributed by atoms with E-state index >= 15 is 0 Å². The molecule has 0 aromatic carbocycles. The van der Waals surface area contributed by atoms with E-state index in [9.17, 15) is 0 Å². The number of hydrogen-bond donors (Lipinski definition) is 0. The van der Waals surface area contributed by atoms with Crippen LogP contribution in [0.3, 0.4) is 0 Å². The number of hydrogen-bond acceptors (Lipinski definition) is 1. The average molecular weight is 137 g/mol. The summed E-state index contributed by atoms with van der Waals surface area (Å²) in [5.74, 6) is 0. The van der Waals surface area contributed by atoms with Crippen molar-refractivity contribution in [2.24, 2.45) is 0 Å². The summed E-state index contributed by atoms with van der Waals surface area (Å²) in [6.45, 7) is 0. The highest BCUT2D eigenvalue weighted by Crippen LogP contribution is 2.24. The first-order valence-corrected chi connectivity index (χ1v) is 4.32. The van der Waals surface area contributed by atoms with Crippen LogP contribution in [-0.2, 0) is 12.8 Å². The van der Waals surface area contributed by atoms with Crippen molar-refractivity contribution >= 4 is 11.3 Å². The lowest BCUT2D eigenvalue weighted by atomic mass is 10.00. The topological polar surface area (TPSA) is 0 Å². The van der Waals surface area contributed by atoms with Crippen molar-refractivity contribution in [3.8, 4) is 0 Å². The summed E-state index contributed by atoms with van der Waals surface area (Å²) < 4.78 is 0. The van der Waals surface area contributed by atoms with Crippen molar-refractivity contribution in [1.29, 1.82) is 0 Å². The van der Waals surface area contributed by atoms with Gasteiger partial charge in [0.05, 0.1) is 0 Å². The Hall–Kier alpha value is -0.300. The summed E-state index contributed by atoms with van der Waals surface area (Å²) in [4.78, 5) is 1.58. The van der Waals surface area contributed by atoms with E-state index in [2.05, 4.69) is 11.4 Å². The Balaban J connectivity index is 2.39. The van der Waals surface area contributed by atoms with Crippen molar-refractivity contribution in [2.45, 2.75) is 25.7 Å². The van der Waals surface area contributed by atoms with Gasteiger partial charge in [0.25, 0.3) is 0 Å². The fraction of sp³-hybridized carbons (Fsp3) is 0.500. The maximum absolute atomic E-state index is 3.28. The highest BCUT2D eigenvalue weighted by molar-refractivity contribution is 7.10. The van der Waals surface area contributed by atoms with Crippen LogP contribution in [0.4, 0.5) is 0 Å². The molecule has 0 saturated heterocycles. The van der Waals surface area contributed by atoms with Crippen LogP contribution in [0.15, 0.2) is 5.38 Å². The minimum absolute atomic E-state index is 1.28. The Labute approximate surface area is 59.5 Å². The lowest BCUT2D eigenvalue weighted by Gasteiger charge is -2.08. The average Bonchev–Trinajstić information content (AvgIpc) is 2.33. The first-order chi connectivity index (χ1) is 4.47. The highest BCUT2D eigenvalue weighted by atomic mass is 32.1. The molecule has 9 heavy (non-hydrogen) atoms. The van der Waals surface area contributed by atoms with Crippen LogP contribution in [0.2, 0.25) is 0 Å². The molecule has 0 saturated carbocycles. The predicted molar refractivity (Wildman–Crippen MR) is 39.8 cm³/mol. The normalized spacial score (nSPS) is 17.3. The molecule has 0 fully saturated rings. The van der Waals surface area contributed by atoms with E-state index in [1.165, 1.54) is 31.2 Å². The smallest absolute Gasteiger partial charge is 0.00836 e. The number of rotatable bonds is 0. The third kappa shape index (κ3) is 0.897. The van der Waals surface area contributed by atoms with Gasteiger partial charge in [0.2, 0.25) is 0 Å². The highest BCUT2D eigenvalue weighted by Gasteiger charge is 2.08. The summed E-state index contributed by atoms with van der Waals surface area (Å²) in [6.07, 6.45) is 5.35. The first kappa shape index (κ1) is 5.48. The molecule has 0 unspecified atom stereocenters. The van der Waals surface area contributed by atoms with Crippen molar-refractivity contribution in [3.05, 3.63) is 21.9 Å². The zero-order valence-corrected chi connectivity index (χ0v) is 6.13. The monoisotopic (exact) mass is 137 g/mol. The summed E-state index contributed by atoms with van der Waals surface area (Å²) in [7, 11) is 0. The minimum atomic E-state index is 1.28. The standard InChI is InChI=1S/C8H9S/c1-2-4-8-7(3-1)5-6-9-8/h6H,1-4H2. The first-order valence-electron chi connectivity index (χ1n) is 3.44. The van der Waals surface area contributed by atoms with Crippen LogP contribution in [-0.4, -0.2) is 0 Å². The van der Waals surface area contributed by atoms with E-state index in [4.69, 9.17) is 0 Å². The second kappa shape index (κ2) is 2.14. The number of fused-ring (bicyclic) bond motifs is 1. The van der Waals surface area contributed by atoms with Gasteiger partial charge in [0, 0.05) is 4.88 Å². The van der Waals surface area contributed by atoms with Gasteiger partial charge >= 0.3 is 0 Å². The summed E-state index contributed by atoms with van der Waals surface area (Å²) in [5.41, 5.74) is 1.49. The van der Waals surface area contributed by atoms with Gasteiger partial charge in [-0.3, -0.25) is 0 Å². The molecule has 1 aliphatic carbocycles. The molecular formula is C8H9S. The molecule has 0 N–H and O–H groups in total. The zero-order chi connectivity index (χ0) is 6.10. The van der Waals surface area contributed by atoms with Crippen molar-refractivity contribution in [2.75, 3.05) is 0 Å². The number of thiophene rings is 1. The van der Waals surface area contributed by atoms with E-state index in [1.54, 1.807) is 4.88 Å². The van der Waals surface area contributed by atoms with Crippen LogP contribution < -0.4 is 0 Å². The fourth-order valence-corrected chi connectivity index (χ4v) is 2.24. The maximum Gasteiger partial charge on any atom is 0.00836 e. The molecule has 1 aromatic rings.